The van der Waals surface area contributed by atoms with Gasteiger partial charge >= 0.3 is 0 Å². The van der Waals surface area contributed by atoms with Crippen molar-refractivity contribution in [2.24, 2.45) is 0 Å². The predicted molar refractivity (Wildman–Crippen MR) is 89.4 cm³/mol. The van der Waals surface area contributed by atoms with Gasteiger partial charge in [0.05, 0.1) is 6.42 Å². The lowest BCUT2D eigenvalue weighted by Crippen LogP contribution is -2.38. The number of halogens is 2. The number of hydrogen-bond donors (Lipinski definition) is 0. The number of hydrogen-bond acceptors (Lipinski definition) is 2. The monoisotopic (exact) mass is 355 g/mol. The molecule has 1 heterocycles. The van der Waals surface area contributed by atoms with E-state index in [0.717, 1.165) is 11.3 Å². The highest BCUT2D eigenvalue weighted by atomic mass is 35.9. The van der Waals surface area contributed by atoms with Gasteiger partial charge in [-0.1, -0.05) is 65.8 Å². The highest BCUT2D eigenvalue weighted by Crippen LogP contribution is 2.55. The molecule has 22 heavy (non-hydrogen) atoms. The fourth-order valence-electron chi connectivity index (χ4n) is 2.08. The average Bonchev–Trinajstić information content (AvgIpc) is 2.50. The predicted octanol–water partition coefficient (Wildman–Crippen LogP) is 3.83. The highest BCUT2D eigenvalue weighted by molar-refractivity contribution is 8.10. The Kier molecular flexibility index (Phi) is 6.50. The van der Waals surface area contributed by atoms with E-state index in [1.54, 1.807) is 17.7 Å². The smallest absolute Gasteiger partial charge is 0.260 e. The topological polar surface area (TPSA) is 36.2 Å². The molecule has 0 N–H and O–H groups in total. The van der Waals surface area contributed by atoms with Crippen molar-refractivity contribution in [3.05, 3.63) is 71.9 Å². The van der Waals surface area contributed by atoms with Crippen LogP contribution in [-0.4, -0.2) is 6.61 Å². The SMILES string of the molecule is CCO/C([O-])=C(/[n+]1ccccc1Cc1ccccc1)P(Cl)Cl. The van der Waals surface area contributed by atoms with Crippen molar-refractivity contribution in [1.29, 1.82) is 0 Å². The Morgan fingerprint density at radius 1 is 1.14 bits per heavy atom. The van der Waals surface area contributed by atoms with Gasteiger partial charge in [-0.05, 0) is 12.2 Å². The van der Waals surface area contributed by atoms with E-state index in [-0.39, 0.29) is 12.0 Å². The normalized spacial score (nSPS) is 12.2. The second-order valence-corrected chi connectivity index (χ2v) is 7.94. The average molecular weight is 356 g/mol. The van der Waals surface area contributed by atoms with Crippen molar-refractivity contribution in [3.8, 4) is 0 Å². The molecular weight excluding hydrogens is 340 g/mol. The summed E-state index contributed by atoms with van der Waals surface area (Å²) in [6, 6.07) is 15.7. The lowest BCUT2D eigenvalue weighted by Gasteiger charge is -2.16. The van der Waals surface area contributed by atoms with E-state index < -0.39 is 12.6 Å². The molecule has 2 rings (SSSR count). The molecule has 0 spiro atoms. The van der Waals surface area contributed by atoms with Crippen LogP contribution in [0.5, 0.6) is 0 Å². The molecule has 0 atom stereocenters. The van der Waals surface area contributed by atoms with Crippen LogP contribution < -0.4 is 9.67 Å². The van der Waals surface area contributed by atoms with E-state index in [1.807, 2.05) is 48.5 Å². The molecule has 0 amide bonds. The number of aromatic nitrogens is 1. The van der Waals surface area contributed by atoms with Crippen LogP contribution in [0.15, 0.2) is 60.7 Å². The largest absolute Gasteiger partial charge is 0.609 e. The summed E-state index contributed by atoms with van der Waals surface area (Å²) in [5.74, 6) is -0.482. The van der Waals surface area contributed by atoms with Gasteiger partial charge in [-0.2, -0.15) is 4.57 Å². The zero-order chi connectivity index (χ0) is 15.9. The van der Waals surface area contributed by atoms with E-state index in [1.165, 1.54) is 0 Å². The van der Waals surface area contributed by atoms with Gasteiger partial charge in [-0.15, -0.1) is 0 Å². The lowest BCUT2D eigenvalue weighted by molar-refractivity contribution is -0.589. The summed E-state index contributed by atoms with van der Waals surface area (Å²) in [7, 11) is 0. The summed E-state index contributed by atoms with van der Waals surface area (Å²) in [4.78, 5) is 0. The fraction of sp³-hybridized carbons (Fsp3) is 0.188. The van der Waals surface area contributed by atoms with Crippen molar-refractivity contribution in [2.75, 3.05) is 6.61 Å². The third kappa shape index (κ3) is 4.36. The van der Waals surface area contributed by atoms with Gasteiger partial charge < -0.3 is 9.84 Å². The van der Waals surface area contributed by atoms with Gasteiger partial charge in [0, 0.05) is 12.1 Å². The number of ether oxygens (including phenoxy) is 1. The molecule has 0 radical (unpaired) electrons. The maximum atomic E-state index is 12.2. The first-order chi connectivity index (χ1) is 10.6. The van der Waals surface area contributed by atoms with Gasteiger partial charge in [-0.25, -0.2) is 0 Å². The Bertz CT molecular complexity index is 648. The first-order valence-electron chi connectivity index (χ1n) is 6.83. The quantitative estimate of drug-likeness (QED) is 0.448. The van der Waals surface area contributed by atoms with Crippen LogP contribution in [0.1, 0.15) is 18.2 Å². The molecule has 0 saturated carbocycles. The molecule has 0 aliphatic heterocycles. The Balaban J connectivity index is 2.44. The van der Waals surface area contributed by atoms with E-state index in [0.29, 0.717) is 6.42 Å². The van der Waals surface area contributed by atoms with Gasteiger partial charge in [0.1, 0.15) is 5.95 Å². The zero-order valence-electron chi connectivity index (χ0n) is 12.1. The summed E-state index contributed by atoms with van der Waals surface area (Å²) in [6.07, 6.45) is 2.45. The first kappa shape index (κ1) is 17.1. The van der Waals surface area contributed by atoms with E-state index in [2.05, 4.69) is 0 Å². The van der Waals surface area contributed by atoms with Crippen LogP contribution in [0.25, 0.3) is 5.44 Å². The molecule has 2 aromatic rings. The third-order valence-electron chi connectivity index (χ3n) is 3.02. The van der Waals surface area contributed by atoms with Crippen molar-refractivity contribution in [1.82, 2.24) is 0 Å². The molecule has 1 aromatic carbocycles. The van der Waals surface area contributed by atoms with Crippen LogP contribution in [0, 0.1) is 0 Å². The highest BCUT2D eigenvalue weighted by Gasteiger charge is 2.25. The van der Waals surface area contributed by atoms with Crippen molar-refractivity contribution < 1.29 is 14.4 Å². The van der Waals surface area contributed by atoms with Gasteiger partial charge in [0.15, 0.2) is 18.5 Å². The van der Waals surface area contributed by atoms with Gasteiger partial charge in [0.2, 0.25) is 0 Å². The standard InChI is InChI=1S/C16H16Cl2NO2P/c1-2-21-16(20)15(22(17)18)19-11-7-6-10-14(19)12-13-8-4-3-5-9-13/h3-11H,2,12H2,1H3/b16-15-. The molecule has 6 heteroatoms. The Morgan fingerprint density at radius 2 is 1.82 bits per heavy atom. The second kappa shape index (κ2) is 8.38. The van der Waals surface area contributed by atoms with Crippen LogP contribution in [0.4, 0.5) is 0 Å². The number of nitrogens with zero attached hydrogens (tertiary/aromatic N) is 1. The van der Waals surface area contributed by atoms with Crippen LogP contribution in [-0.2, 0) is 11.2 Å². The molecule has 0 aliphatic carbocycles. The molecule has 0 fully saturated rings. The number of benzene rings is 1. The molecule has 1 aromatic heterocycles. The number of pyridine rings is 1. The molecule has 0 unspecified atom stereocenters. The summed E-state index contributed by atoms with van der Waals surface area (Å²) in [5.41, 5.74) is 2.33. The maximum Gasteiger partial charge on any atom is 0.260 e. The van der Waals surface area contributed by atoms with Crippen LogP contribution >= 0.6 is 29.1 Å². The Labute approximate surface area is 141 Å². The third-order valence-corrected chi connectivity index (χ3v) is 4.70. The first-order valence-corrected chi connectivity index (χ1v) is 9.98. The summed E-state index contributed by atoms with van der Waals surface area (Å²) < 4.78 is 6.81. The minimum absolute atomic E-state index is 0.270. The molecule has 3 nitrogen and oxygen atoms in total. The molecular formula is C16H16Cl2NO2P. The molecule has 116 valence electrons. The maximum absolute atomic E-state index is 12.2. The minimum atomic E-state index is -1.63. The summed E-state index contributed by atoms with van der Waals surface area (Å²) in [6.45, 7) is 0.397. The molecule has 0 saturated heterocycles. The van der Waals surface area contributed by atoms with Crippen LogP contribution in [0.2, 0.25) is 0 Å². The van der Waals surface area contributed by atoms with Crippen LogP contribution in [0.3, 0.4) is 0 Å². The van der Waals surface area contributed by atoms with E-state index in [4.69, 9.17) is 27.2 Å². The van der Waals surface area contributed by atoms with Crippen molar-refractivity contribution >= 4 is 34.5 Å². The summed E-state index contributed by atoms with van der Waals surface area (Å²) in [5, 5.41) is 12.2. The van der Waals surface area contributed by atoms with E-state index >= 15 is 0 Å². The minimum Gasteiger partial charge on any atom is -0.609 e. The Morgan fingerprint density at radius 3 is 2.45 bits per heavy atom. The summed E-state index contributed by atoms with van der Waals surface area (Å²) >= 11 is 12.1. The van der Waals surface area contributed by atoms with Gasteiger partial charge in [-0.3, -0.25) is 0 Å². The van der Waals surface area contributed by atoms with Crippen molar-refractivity contribution in [2.45, 2.75) is 13.3 Å². The lowest BCUT2D eigenvalue weighted by atomic mass is 10.1. The van der Waals surface area contributed by atoms with E-state index in [9.17, 15) is 5.11 Å². The Hall–Kier alpha value is -1.28. The fourth-order valence-corrected chi connectivity index (χ4v) is 3.54. The van der Waals surface area contributed by atoms with Crippen molar-refractivity contribution in [3.63, 3.8) is 0 Å². The van der Waals surface area contributed by atoms with Gasteiger partial charge in [0.25, 0.3) is 5.44 Å². The zero-order valence-corrected chi connectivity index (χ0v) is 14.5. The molecule has 0 aliphatic rings. The number of rotatable bonds is 6. The second-order valence-electron chi connectivity index (χ2n) is 4.50. The molecule has 0 bridgehead atoms.